The van der Waals surface area contributed by atoms with Crippen LogP contribution in [0.15, 0.2) is 46.7 Å². The highest BCUT2D eigenvalue weighted by atomic mass is 32.2. The summed E-state index contributed by atoms with van der Waals surface area (Å²) in [5.41, 5.74) is 0. The molecule has 1 saturated heterocycles. The van der Waals surface area contributed by atoms with Crippen LogP contribution in [0.3, 0.4) is 0 Å². The topological polar surface area (TPSA) is 67.4 Å². The summed E-state index contributed by atoms with van der Waals surface area (Å²) in [4.78, 5) is 1.62. The molecule has 0 aliphatic carbocycles. The van der Waals surface area contributed by atoms with Gasteiger partial charge in [0.05, 0.1) is 11.1 Å². The fourth-order valence-electron chi connectivity index (χ4n) is 2.72. The van der Waals surface area contributed by atoms with Gasteiger partial charge in [-0.1, -0.05) is 6.07 Å². The third kappa shape index (κ3) is 4.80. The maximum atomic E-state index is 11.5. The molecule has 5 nitrogen and oxygen atoms in total. The quantitative estimate of drug-likeness (QED) is 0.823. The molecule has 3 rings (SSSR count). The lowest BCUT2D eigenvalue weighted by molar-refractivity contribution is 0.0982. The van der Waals surface area contributed by atoms with Crippen LogP contribution in [0.4, 0.5) is 0 Å². The summed E-state index contributed by atoms with van der Waals surface area (Å²) in [6.45, 7) is 0.852. The summed E-state index contributed by atoms with van der Waals surface area (Å²) in [5.74, 6) is 0.679. The summed E-state index contributed by atoms with van der Waals surface area (Å²) in [7, 11) is -3.17. The van der Waals surface area contributed by atoms with Crippen molar-refractivity contribution >= 4 is 21.2 Å². The molecule has 0 saturated carbocycles. The molecule has 1 fully saturated rings. The van der Waals surface area contributed by atoms with Crippen LogP contribution in [-0.2, 0) is 16.4 Å². The Kier molecular flexibility index (Phi) is 5.55. The summed E-state index contributed by atoms with van der Waals surface area (Å²) < 4.78 is 28.9. The second-order valence-electron chi connectivity index (χ2n) is 5.96. The van der Waals surface area contributed by atoms with Gasteiger partial charge < -0.3 is 4.74 Å². The van der Waals surface area contributed by atoms with Crippen LogP contribution in [-0.4, -0.2) is 27.1 Å². The van der Waals surface area contributed by atoms with Gasteiger partial charge in [0.15, 0.2) is 16.1 Å². The van der Waals surface area contributed by atoms with E-state index in [1.807, 2.05) is 0 Å². The first kappa shape index (κ1) is 17.4. The Hall–Kier alpha value is -1.41. The van der Waals surface area contributed by atoms with E-state index in [2.05, 4.69) is 28.1 Å². The van der Waals surface area contributed by atoms with E-state index in [4.69, 9.17) is 4.74 Å². The van der Waals surface area contributed by atoms with Gasteiger partial charge in [0, 0.05) is 17.7 Å². The molecule has 1 aliphatic heterocycles. The number of hydrogen-bond donors (Lipinski definition) is 2. The van der Waals surface area contributed by atoms with Crippen LogP contribution in [0.25, 0.3) is 0 Å². The lowest BCUT2D eigenvalue weighted by Crippen LogP contribution is -2.52. The van der Waals surface area contributed by atoms with Crippen LogP contribution < -0.4 is 15.4 Å². The molecule has 7 heteroatoms. The summed E-state index contributed by atoms with van der Waals surface area (Å²) in [6.07, 6.45) is 4.45. The lowest BCUT2D eigenvalue weighted by Gasteiger charge is -2.31. The van der Waals surface area contributed by atoms with Crippen LogP contribution >= 0.6 is 11.3 Å². The molecule has 2 aromatic rings. The fourth-order valence-corrected chi connectivity index (χ4v) is 4.01. The molecule has 2 atom stereocenters. The van der Waals surface area contributed by atoms with E-state index in [-0.39, 0.29) is 12.4 Å². The Balaban J connectivity index is 1.53. The van der Waals surface area contributed by atoms with Crippen LogP contribution in [0, 0.1) is 0 Å². The van der Waals surface area contributed by atoms with Gasteiger partial charge in [-0.05, 0) is 55.0 Å². The summed E-state index contributed by atoms with van der Waals surface area (Å²) >= 11 is 1.75. The number of ether oxygens (including phenoxy) is 1. The van der Waals surface area contributed by atoms with Crippen molar-refractivity contribution in [3.05, 3.63) is 46.7 Å². The number of sulfone groups is 1. The van der Waals surface area contributed by atoms with Crippen LogP contribution in [0.5, 0.6) is 5.75 Å². The van der Waals surface area contributed by atoms with E-state index in [0.717, 1.165) is 25.8 Å². The number of thiophene rings is 1. The molecule has 0 radical (unpaired) electrons. The Bertz CT molecular complexity index is 743. The van der Waals surface area contributed by atoms with Crippen molar-refractivity contribution in [2.75, 3.05) is 6.26 Å². The molecule has 2 unspecified atom stereocenters. The smallest absolute Gasteiger partial charge is 0.175 e. The van der Waals surface area contributed by atoms with Crippen molar-refractivity contribution in [3.63, 3.8) is 0 Å². The van der Waals surface area contributed by atoms with Gasteiger partial charge in [-0.25, -0.2) is 8.42 Å². The second-order valence-corrected chi connectivity index (χ2v) is 9.01. The molecule has 1 aromatic heterocycles. The third-order valence-corrected chi connectivity index (χ3v) is 5.98. The Morgan fingerprint density at radius 1 is 1.25 bits per heavy atom. The normalized spacial score (nSPS) is 21.5. The first-order valence-corrected chi connectivity index (χ1v) is 10.8. The number of nitrogens with one attached hydrogen (secondary N) is 2. The molecule has 1 aliphatic rings. The molecule has 0 spiro atoms. The predicted octanol–water partition coefficient (Wildman–Crippen LogP) is 2.75. The van der Waals surface area contributed by atoms with E-state index >= 15 is 0 Å². The SMILES string of the molecule is CS(=O)(=O)c1ccc(OC2CCCC(NCc3cccs3)N2)cc1. The van der Waals surface area contributed by atoms with Gasteiger partial charge in [-0.15, -0.1) is 11.3 Å². The maximum absolute atomic E-state index is 11.5. The number of rotatable bonds is 6. The molecule has 24 heavy (non-hydrogen) atoms. The average molecular weight is 367 g/mol. The van der Waals surface area contributed by atoms with Crippen LogP contribution in [0.2, 0.25) is 0 Å². The van der Waals surface area contributed by atoms with Crippen molar-refractivity contribution < 1.29 is 13.2 Å². The van der Waals surface area contributed by atoms with Gasteiger partial charge in [0.25, 0.3) is 0 Å². The predicted molar refractivity (Wildman–Crippen MR) is 95.9 cm³/mol. The van der Waals surface area contributed by atoms with Gasteiger partial charge >= 0.3 is 0 Å². The van der Waals surface area contributed by atoms with E-state index in [1.165, 1.54) is 11.1 Å². The Morgan fingerprint density at radius 2 is 2.04 bits per heavy atom. The van der Waals surface area contributed by atoms with Gasteiger partial charge in [-0.3, -0.25) is 10.6 Å². The standard InChI is InChI=1S/C17H22N2O3S2/c1-24(20,21)15-9-7-13(8-10-15)22-17-6-2-5-16(19-17)18-12-14-4-3-11-23-14/h3-4,7-11,16-19H,2,5-6,12H2,1H3. The van der Waals surface area contributed by atoms with Gasteiger partial charge in [0.2, 0.25) is 0 Å². The minimum absolute atomic E-state index is 0.0660. The number of hydrogen-bond acceptors (Lipinski definition) is 6. The van der Waals surface area contributed by atoms with Crippen molar-refractivity contribution in [1.29, 1.82) is 0 Å². The van der Waals surface area contributed by atoms with Crippen molar-refractivity contribution in [2.45, 2.75) is 43.1 Å². The second kappa shape index (κ2) is 7.65. The minimum atomic E-state index is -3.17. The molecule has 0 amide bonds. The van der Waals surface area contributed by atoms with E-state index in [1.54, 1.807) is 35.6 Å². The average Bonchev–Trinajstić information content (AvgIpc) is 3.06. The van der Waals surface area contributed by atoms with Gasteiger partial charge in [0.1, 0.15) is 5.75 Å². The minimum Gasteiger partial charge on any atom is -0.475 e. The lowest BCUT2D eigenvalue weighted by atomic mass is 10.1. The first-order valence-electron chi connectivity index (χ1n) is 7.99. The molecule has 130 valence electrons. The highest BCUT2D eigenvalue weighted by Crippen LogP contribution is 2.20. The maximum Gasteiger partial charge on any atom is 0.175 e. The van der Waals surface area contributed by atoms with Crippen LogP contribution in [0.1, 0.15) is 24.1 Å². The molecular weight excluding hydrogens is 344 g/mol. The number of piperidine rings is 1. The molecule has 2 N–H and O–H groups in total. The summed E-state index contributed by atoms with van der Waals surface area (Å²) in [6, 6.07) is 10.8. The zero-order chi connectivity index (χ0) is 17.0. The zero-order valence-electron chi connectivity index (χ0n) is 13.6. The van der Waals surface area contributed by atoms with Crippen molar-refractivity contribution in [3.8, 4) is 5.75 Å². The highest BCUT2D eigenvalue weighted by molar-refractivity contribution is 7.90. The highest BCUT2D eigenvalue weighted by Gasteiger charge is 2.22. The largest absolute Gasteiger partial charge is 0.475 e. The monoisotopic (exact) mass is 366 g/mol. The summed E-state index contributed by atoms with van der Waals surface area (Å²) in [5, 5.41) is 9.05. The van der Waals surface area contributed by atoms with Gasteiger partial charge in [-0.2, -0.15) is 0 Å². The molecular formula is C17H22N2O3S2. The zero-order valence-corrected chi connectivity index (χ0v) is 15.2. The van der Waals surface area contributed by atoms with E-state index in [0.29, 0.717) is 10.6 Å². The van der Waals surface area contributed by atoms with Crippen molar-refractivity contribution in [2.24, 2.45) is 0 Å². The fraction of sp³-hybridized carbons (Fsp3) is 0.412. The Labute approximate surface area is 147 Å². The third-order valence-electron chi connectivity index (χ3n) is 3.98. The molecule has 1 aromatic carbocycles. The number of benzene rings is 1. The molecule has 2 heterocycles. The molecule has 0 bridgehead atoms. The Morgan fingerprint density at radius 3 is 2.71 bits per heavy atom. The first-order chi connectivity index (χ1) is 11.5. The van der Waals surface area contributed by atoms with Crippen molar-refractivity contribution in [1.82, 2.24) is 10.6 Å². The van der Waals surface area contributed by atoms with E-state index < -0.39 is 9.84 Å². The van der Waals surface area contributed by atoms with E-state index in [9.17, 15) is 8.42 Å².